The van der Waals surface area contributed by atoms with Crippen molar-refractivity contribution in [3.8, 4) is 23.0 Å². The number of hydrogen-bond donors (Lipinski definition) is 1. The van der Waals surface area contributed by atoms with Gasteiger partial charge in [-0.3, -0.25) is 4.79 Å². The summed E-state index contributed by atoms with van der Waals surface area (Å²) in [6.07, 6.45) is 2.52. The number of benzene rings is 2. The molecule has 2 aromatic carbocycles. The Balaban J connectivity index is 1.29. The molecular formula is C22H23N3O5. The van der Waals surface area contributed by atoms with Crippen molar-refractivity contribution in [3.63, 3.8) is 0 Å². The zero-order chi connectivity index (χ0) is 20.5. The van der Waals surface area contributed by atoms with Crippen LogP contribution in [0.15, 0.2) is 36.7 Å². The maximum atomic E-state index is 12.7. The lowest BCUT2D eigenvalue weighted by Gasteiger charge is -2.18. The number of ether oxygens (including phenoxy) is 4. The molecule has 0 radical (unpaired) electrons. The monoisotopic (exact) mass is 409 g/mol. The maximum absolute atomic E-state index is 12.7. The Morgan fingerprint density at radius 1 is 1.00 bits per heavy atom. The van der Waals surface area contributed by atoms with Gasteiger partial charge in [0.1, 0.15) is 19.8 Å². The van der Waals surface area contributed by atoms with Crippen molar-refractivity contribution in [2.45, 2.75) is 25.9 Å². The molecule has 3 aromatic rings. The number of nitrogens with one attached hydrogen (secondary N) is 1. The first-order valence-electron chi connectivity index (χ1n) is 10.1. The van der Waals surface area contributed by atoms with Crippen LogP contribution in [0.1, 0.15) is 24.9 Å². The van der Waals surface area contributed by atoms with Crippen LogP contribution in [-0.4, -0.2) is 41.9 Å². The third-order valence-electron chi connectivity index (χ3n) is 5.25. The zero-order valence-electron chi connectivity index (χ0n) is 16.7. The highest BCUT2D eigenvalue weighted by Gasteiger charge is 2.18. The SMILES string of the molecule is CC(NC(=O)Cn1cnc2cc3c(cc21)OCCO3)c1ccc2c(c1)OCCCO2. The minimum atomic E-state index is -0.172. The lowest BCUT2D eigenvalue weighted by atomic mass is 10.1. The fraction of sp³-hybridized carbons (Fsp3) is 0.364. The molecule has 1 amide bonds. The molecule has 30 heavy (non-hydrogen) atoms. The highest BCUT2D eigenvalue weighted by atomic mass is 16.6. The van der Waals surface area contributed by atoms with Crippen LogP contribution < -0.4 is 24.3 Å². The molecule has 0 aliphatic carbocycles. The van der Waals surface area contributed by atoms with Crippen molar-refractivity contribution in [1.29, 1.82) is 0 Å². The second-order valence-electron chi connectivity index (χ2n) is 7.40. The van der Waals surface area contributed by atoms with E-state index in [9.17, 15) is 4.79 Å². The quantitative estimate of drug-likeness (QED) is 0.713. The smallest absolute Gasteiger partial charge is 0.240 e. The molecule has 156 valence electrons. The first kappa shape index (κ1) is 18.6. The Morgan fingerprint density at radius 2 is 1.70 bits per heavy atom. The van der Waals surface area contributed by atoms with E-state index in [1.54, 1.807) is 6.33 Å². The number of hydrogen-bond acceptors (Lipinski definition) is 6. The van der Waals surface area contributed by atoms with Crippen LogP contribution in [0.25, 0.3) is 11.0 Å². The van der Waals surface area contributed by atoms with Crippen LogP contribution >= 0.6 is 0 Å². The summed E-state index contributed by atoms with van der Waals surface area (Å²) >= 11 is 0. The molecule has 2 aliphatic heterocycles. The second-order valence-corrected chi connectivity index (χ2v) is 7.40. The topological polar surface area (TPSA) is 83.8 Å². The summed E-state index contributed by atoms with van der Waals surface area (Å²) in [6, 6.07) is 9.33. The zero-order valence-corrected chi connectivity index (χ0v) is 16.7. The van der Waals surface area contributed by atoms with Gasteiger partial charge in [0.05, 0.1) is 36.6 Å². The Bertz CT molecular complexity index is 1090. The maximum Gasteiger partial charge on any atom is 0.240 e. The number of rotatable bonds is 4. The second kappa shape index (κ2) is 7.78. The van der Waals surface area contributed by atoms with Gasteiger partial charge in [0.2, 0.25) is 5.91 Å². The molecule has 8 nitrogen and oxygen atoms in total. The molecule has 5 rings (SSSR count). The van der Waals surface area contributed by atoms with Gasteiger partial charge in [0.15, 0.2) is 23.0 Å². The number of nitrogens with zero attached hydrogens (tertiary/aromatic N) is 2. The average Bonchev–Trinajstić information content (AvgIpc) is 2.98. The highest BCUT2D eigenvalue weighted by Crippen LogP contribution is 2.34. The van der Waals surface area contributed by atoms with Crippen LogP contribution in [0.5, 0.6) is 23.0 Å². The van der Waals surface area contributed by atoms with Gasteiger partial charge >= 0.3 is 0 Å². The fourth-order valence-electron chi connectivity index (χ4n) is 3.70. The van der Waals surface area contributed by atoms with Gasteiger partial charge in [-0.25, -0.2) is 4.98 Å². The molecule has 8 heteroatoms. The number of fused-ring (bicyclic) bond motifs is 3. The molecule has 0 fully saturated rings. The third-order valence-corrected chi connectivity index (χ3v) is 5.25. The average molecular weight is 409 g/mol. The van der Waals surface area contributed by atoms with E-state index < -0.39 is 0 Å². The largest absolute Gasteiger partial charge is 0.490 e. The van der Waals surface area contributed by atoms with Crippen molar-refractivity contribution in [2.24, 2.45) is 0 Å². The molecule has 1 N–H and O–H groups in total. The van der Waals surface area contributed by atoms with Gasteiger partial charge in [0, 0.05) is 18.6 Å². The number of carbonyl (C=O) groups excluding carboxylic acids is 1. The van der Waals surface area contributed by atoms with Crippen molar-refractivity contribution in [3.05, 3.63) is 42.2 Å². The van der Waals surface area contributed by atoms with E-state index in [0.29, 0.717) is 37.9 Å². The summed E-state index contributed by atoms with van der Waals surface area (Å²) in [4.78, 5) is 17.1. The Hall–Kier alpha value is -3.42. The predicted octanol–water partition coefficient (Wildman–Crippen LogP) is 2.85. The molecule has 0 spiro atoms. The Labute approximate surface area is 173 Å². The molecule has 1 unspecified atom stereocenters. The number of carbonyl (C=O) groups is 1. The van der Waals surface area contributed by atoms with Gasteiger partial charge < -0.3 is 28.8 Å². The molecule has 3 heterocycles. The van der Waals surface area contributed by atoms with Crippen LogP contribution in [0.2, 0.25) is 0 Å². The summed E-state index contributed by atoms with van der Waals surface area (Å²) in [5.41, 5.74) is 2.56. The molecule has 1 aromatic heterocycles. The lowest BCUT2D eigenvalue weighted by molar-refractivity contribution is -0.122. The fourth-order valence-corrected chi connectivity index (χ4v) is 3.70. The molecule has 0 saturated heterocycles. The van der Waals surface area contributed by atoms with E-state index in [4.69, 9.17) is 18.9 Å². The van der Waals surface area contributed by atoms with Crippen LogP contribution in [-0.2, 0) is 11.3 Å². The van der Waals surface area contributed by atoms with Crippen molar-refractivity contribution < 1.29 is 23.7 Å². The van der Waals surface area contributed by atoms with E-state index in [0.717, 1.165) is 34.5 Å². The van der Waals surface area contributed by atoms with Gasteiger partial charge in [-0.2, -0.15) is 0 Å². The molecular weight excluding hydrogens is 386 g/mol. The van der Waals surface area contributed by atoms with E-state index >= 15 is 0 Å². The highest BCUT2D eigenvalue weighted by molar-refractivity contribution is 5.83. The first-order chi connectivity index (χ1) is 14.7. The lowest BCUT2D eigenvalue weighted by Crippen LogP contribution is -2.30. The van der Waals surface area contributed by atoms with Crippen molar-refractivity contribution in [1.82, 2.24) is 14.9 Å². The molecule has 2 aliphatic rings. The van der Waals surface area contributed by atoms with E-state index in [1.165, 1.54) is 0 Å². The summed E-state index contributed by atoms with van der Waals surface area (Å²) in [7, 11) is 0. The van der Waals surface area contributed by atoms with Crippen LogP contribution in [0.3, 0.4) is 0 Å². The normalized spacial score (nSPS) is 16.0. The number of imidazole rings is 1. The molecule has 0 bridgehead atoms. The summed E-state index contributed by atoms with van der Waals surface area (Å²) in [5, 5.41) is 3.04. The van der Waals surface area contributed by atoms with E-state index in [2.05, 4.69) is 10.3 Å². The van der Waals surface area contributed by atoms with Gasteiger partial charge in [-0.05, 0) is 24.6 Å². The minimum absolute atomic E-state index is 0.108. The van der Waals surface area contributed by atoms with Crippen LogP contribution in [0, 0.1) is 0 Å². The van der Waals surface area contributed by atoms with Gasteiger partial charge in [-0.1, -0.05) is 6.07 Å². The first-order valence-corrected chi connectivity index (χ1v) is 10.1. The Kier molecular flexibility index (Phi) is 4.82. The third kappa shape index (κ3) is 3.60. The van der Waals surface area contributed by atoms with Gasteiger partial charge in [-0.15, -0.1) is 0 Å². The Morgan fingerprint density at radius 3 is 2.53 bits per heavy atom. The van der Waals surface area contributed by atoms with Crippen molar-refractivity contribution >= 4 is 16.9 Å². The van der Waals surface area contributed by atoms with Crippen LogP contribution in [0.4, 0.5) is 0 Å². The molecule has 0 saturated carbocycles. The van der Waals surface area contributed by atoms with Crippen molar-refractivity contribution in [2.75, 3.05) is 26.4 Å². The number of amides is 1. The van der Waals surface area contributed by atoms with Gasteiger partial charge in [0.25, 0.3) is 0 Å². The molecule has 1 atom stereocenters. The predicted molar refractivity (Wildman–Crippen MR) is 109 cm³/mol. The minimum Gasteiger partial charge on any atom is -0.490 e. The summed E-state index contributed by atoms with van der Waals surface area (Å²) < 4.78 is 24.5. The van der Waals surface area contributed by atoms with E-state index in [1.807, 2.05) is 41.8 Å². The van der Waals surface area contributed by atoms with E-state index in [-0.39, 0.29) is 18.5 Å². The number of aromatic nitrogens is 2. The summed E-state index contributed by atoms with van der Waals surface area (Å²) in [5.74, 6) is 2.72. The summed E-state index contributed by atoms with van der Waals surface area (Å²) in [6.45, 7) is 4.43. The standard InChI is InChI=1S/C22H23N3O5/c1-14(15-3-4-18-19(9-15)28-6-2-5-27-18)24-22(26)12-25-13-23-16-10-20-21(11-17(16)25)30-8-7-29-20/h3-4,9-11,13-14H,2,5-8,12H2,1H3,(H,24,26).